The standard InChI is InChI=1S/C36H50O2/c1-23-19-27(33(3,4)5)31(28(20-23)34(6,7)8)37-25-15-17-26(18-16-25)38-32-29(35(9,10)11)21-24(2)22-30(32)36(12,13)14/h15-22H,1-14H3. The molecule has 0 spiro atoms. The van der Waals surface area contributed by atoms with Gasteiger partial charge < -0.3 is 9.47 Å². The molecule has 0 fully saturated rings. The lowest BCUT2D eigenvalue weighted by molar-refractivity contribution is 0.423. The molecular weight excluding hydrogens is 464 g/mol. The highest BCUT2D eigenvalue weighted by molar-refractivity contribution is 5.54. The molecule has 0 aliphatic heterocycles. The summed E-state index contributed by atoms with van der Waals surface area (Å²) in [4.78, 5) is 0. The Balaban J connectivity index is 2.05. The van der Waals surface area contributed by atoms with Crippen molar-refractivity contribution in [2.45, 2.75) is 119 Å². The molecule has 2 nitrogen and oxygen atoms in total. The van der Waals surface area contributed by atoms with Crippen molar-refractivity contribution in [2.24, 2.45) is 0 Å². The second kappa shape index (κ2) is 10.1. The van der Waals surface area contributed by atoms with Crippen LogP contribution in [0, 0.1) is 13.8 Å². The lowest BCUT2D eigenvalue weighted by Crippen LogP contribution is -2.19. The van der Waals surface area contributed by atoms with Crippen LogP contribution in [0.15, 0.2) is 48.5 Å². The van der Waals surface area contributed by atoms with Gasteiger partial charge in [0.15, 0.2) is 0 Å². The topological polar surface area (TPSA) is 18.5 Å². The van der Waals surface area contributed by atoms with E-state index in [4.69, 9.17) is 9.47 Å². The lowest BCUT2D eigenvalue weighted by Gasteiger charge is -2.30. The Morgan fingerprint density at radius 2 is 0.605 bits per heavy atom. The molecule has 0 radical (unpaired) electrons. The molecule has 0 N–H and O–H groups in total. The van der Waals surface area contributed by atoms with Gasteiger partial charge in [-0.25, -0.2) is 0 Å². The molecule has 0 aromatic heterocycles. The van der Waals surface area contributed by atoms with Gasteiger partial charge in [-0.2, -0.15) is 0 Å². The van der Waals surface area contributed by atoms with Gasteiger partial charge in [0, 0.05) is 22.3 Å². The molecule has 206 valence electrons. The minimum Gasteiger partial charge on any atom is -0.457 e. The van der Waals surface area contributed by atoms with Crippen LogP contribution in [0.4, 0.5) is 0 Å². The van der Waals surface area contributed by atoms with E-state index in [2.05, 4.69) is 121 Å². The summed E-state index contributed by atoms with van der Waals surface area (Å²) in [5.74, 6) is 3.56. The number of rotatable bonds is 4. The van der Waals surface area contributed by atoms with E-state index in [1.807, 2.05) is 24.3 Å². The third kappa shape index (κ3) is 6.82. The molecule has 2 heteroatoms. The smallest absolute Gasteiger partial charge is 0.134 e. The maximum Gasteiger partial charge on any atom is 0.134 e. The molecule has 38 heavy (non-hydrogen) atoms. The summed E-state index contributed by atoms with van der Waals surface area (Å²) in [6, 6.07) is 17.2. The Morgan fingerprint density at radius 3 is 0.789 bits per heavy atom. The minimum absolute atomic E-state index is 0.0391. The second-order valence-corrected chi connectivity index (χ2v) is 15.1. The zero-order valence-electron chi connectivity index (χ0n) is 26.4. The Labute approximate surface area is 232 Å². The molecule has 0 saturated carbocycles. The van der Waals surface area contributed by atoms with E-state index < -0.39 is 0 Å². The van der Waals surface area contributed by atoms with Crippen LogP contribution in [0.25, 0.3) is 0 Å². The number of benzene rings is 3. The summed E-state index contributed by atoms with van der Waals surface area (Å²) in [6.45, 7) is 31.3. The first-order chi connectivity index (χ1) is 17.2. The van der Waals surface area contributed by atoms with Gasteiger partial charge in [0.05, 0.1) is 0 Å². The molecule has 0 aliphatic carbocycles. The van der Waals surface area contributed by atoms with Crippen molar-refractivity contribution in [2.75, 3.05) is 0 Å². The second-order valence-electron chi connectivity index (χ2n) is 15.1. The Hall–Kier alpha value is -2.74. The van der Waals surface area contributed by atoms with E-state index in [0.29, 0.717) is 0 Å². The van der Waals surface area contributed by atoms with Gasteiger partial charge in [0.1, 0.15) is 23.0 Å². The molecule has 0 amide bonds. The Morgan fingerprint density at radius 1 is 0.395 bits per heavy atom. The Kier molecular flexibility index (Phi) is 7.92. The first-order valence-corrected chi connectivity index (χ1v) is 13.9. The summed E-state index contributed by atoms with van der Waals surface area (Å²) < 4.78 is 13.3. The first kappa shape index (κ1) is 29.8. The molecule has 0 bridgehead atoms. The van der Waals surface area contributed by atoms with Crippen LogP contribution in [0.2, 0.25) is 0 Å². The van der Waals surface area contributed by atoms with Gasteiger partial charge in [0.25, 0.3) is 0 Å². The zero-order chi connectivity index (χ0) is 28.8. The van der Waals surface area contributed by atoms with Crippen LogP contribution in [0.5, 0.6) is 23.0 Å². The summed E-state index contributed by atoms with van der Waals surface area (Å²) in [5.41, 5.74) is 7.28. The summed E-state index contributed by atoms with van der Waals surface area (Å²) in [6.07, 6.45) is 0. The van der Waals surface area contributed by atoms with Crippen molar-refractivity contribution >= 4 is 0 Å². The van der Waals surface area contributed by atoms with E-state index >= 15 is 0 Å². The number of hydrogen-bond donors (Lipinski definition) is 0. The number of hydrogen-bond acceptors (Lipinski definition) is 2. The SMILES string of the molecule is Cc1cc(C(C)(C)C)c(Oc2ccc(Oc3c(C(C)(C)C)cc(C)cc3C(C)(C)C)cc2)c(C(C)(C)C)c1. The number of ether oxygens (including phenoxy) is 2. The highest BCUT2D eigenvalue weighted by Crippen LogP contribution is 2.45. The van der Waals surface area contributed by atoms with Gasteiger partial charge in [-0.15, -0.1) is 0 Å². The van der Waals surface area contributed by atoms with Gasteiger partial charge >= 0.3 is 0 Å². The number of aryl methyl sites for hydroxylation is 2. The third-order valence-electron chi connectivity index (χ3n) is 6.96. The van der Waals surface area contributed by atoms with E-state index in [0.717, 1.165) is 23.0 Å². The van der Waals surface area contributed by atoms with Gasteiger partial charge in [0.2, 0.25) is 0 Å². The molecule has 0 atom stereocenters. The molecule has 0 heterocycles. The lowest BCUT2D eigenvalue weighted by atomic mass is 9.78. The van der Waals surface area contributed by atoms with Gasteiger partial charge in [-0.3, -0.25) is 0 Å². The van der Waals surface area contributed by atoms with E-state index in [1.54, 1.807) is 0 Å². The van der Waals surface area contributed by atoms with Gasteiger partial charge in [-0.05, 0) is 59.8 Å². The van der Waals surface area contributed by atoms with E-state index in [-0.39, 0.29) is 21.7 Å². The first-order valence-electron chi connectivity index (χ1n) is 13.9. The van der Waals surface area contributed by atoms with Crippen molar-refractivity contribution in [1.29, 1.82) is 0 Å². The van der Waals surface area contributed by atoms with Crippen LogP contribution in [-0.2, 0) is 21.7 Å². The maximum absolute atomic E-state index is 6.67. The van der Waals surface area contributed by atoms with Crippen molar-refractivity contribution in [3.63, 3.8) is 0 Å². The van der Waals surface area contributed by atoms with Crippen LogP contribution >= 0.6 is 0 Å². The molecule has 3 aromatic carbocycles. The fourth-order valence-electron chi connectivity index (χ4n) is 4.81. The predicted molar refractivity (Wildman–Crippen MR) is 164 cm³/mol. The summed E-state index contributed by atoms with van der Waals surface area (Å²) in [7, 11) is 0. The summed E-state index contributed by atoms with van der Waals surface area (Å²) in [5, 5.41) is 0. The normalized spacial score (nSPS) is 13.0. The molecule has 3 rings (SSSR count). The van der Waals surface area contributed by atoms with E-state index in [9.17, 15) is 0 Å². The third-order valence-corrected chi connectivity index (χ3v) is 6.96. The van der Waals surface area contributed by atoms with Gasteiger partial charge in [-0.1, -0.05) is 118 Å². The monoisotopic (exact) mass is 514 g/mol. The highest BCUT2D eigenvalue weighted by atomic mass is 16.5. The highest BCUT2D eigenvalue weighted by Gasteiger charge is 2.29. The van der Waals surface area contributed by atoms with Crippen molar-refractivity contribution in [3.05, 3.63) is 81.9 Å². The minimum atomic E-state index is -0.0391. The van der Waals surface area contributed by atoms with Crippen LogP contribution in [0.3, 0.4) is 0 Å². The zero-order valence-corrected chi connectivity index (χ0v) is 26.4. The molecule has 3 aromatic rings. The average Bonchev–Trinajstić information content (AvgIpc) is 2.74. The molecule has 0 saturated heterocycles. The van der Waals surface area contributed by atoms with Crippen molar-refractivity contribution in [3.8, 4) is 23.0 Å². The quantitative estimate of drug-likeness (QED) is 0.345. The van der Waals surface area contributed by atoms with Crippen LogP contribution in [-0.4, -0.2) is 0 Å². The fourth-order valence-corrected chi connectivity index (χ4v) is 4.81. The van der Waals surface area contributed by atoms with Crippen molar-refractivity contribution < 1.29 is 9.47 Å². The van der Waals surface area contributed by atoms with Crippen molar-refractivity contribution in [1.82, 2.24) is 0 Å². The fraction of sp³-hybridized carbons (Fsp3) is 0.500. The molecular formula is C36H50O2. The van der Waals surface area contributed by atoms with Crippen LogP contribution in [0.1, 0.15) is 116 Å². The predicted octanol–water partition coefficient (Wildman–Crippen LogP) is 11.1. The van der Waals surface area contributed by atoms with Crippen LogP contribution < -0.4 is 9.47 Å². The van der Waals surface area contributed by atoms with E-state index in [1.165, 1.54) is 33.4 Å². The summed E-state index contributed by atoms with van der Waals surface area (Å²) >= 11 is 0. The molecule has 0 aliphatic rings. The molecule has 0 unspecified atom stereocenters. The largest absolute Gasteiger partial charge is 0.457 e. The average molecular weight is 515 g/mol. The maximum atomic E-state index is 6.67. The Bertz CT molecular complexity index is 1110.